The first-order valence-corrected chi connectivity index (χ1v) is 7.62. The van der Waals surface area contributed by atoms with Gasteiger partial charge in [-0.2, -0.15) is 0 Å². The zero-order valence-corrected chi connectivity index (χ0v) is 13.1. The number of nitrogens with one attached hydrogen (secondary N) is 2. The van der Waals surface area contributed by atoms with Crippen molar-refractivity contribution in [1.82, 2.24) is 10.2 Å². The number of anilines is 1. The molecule has 22 heavy (non-hydrogen) atoms. The molecule has 1 heterocycles. The average Bonchev–Trinajstić information content (AvgIpc) is 3.00. The Labute approximate surface area is 130 Å². The predicted molar refractivity (Wildman–Crippen MR) is 85.1 cm³/mol. The molecule has 6 heteroatoms. The monoisotopic (exact) mass is 305 g/mol. The molecule has 2 N–H and O–H groups in total. The first-order valence-electron chi connectivity index (χ1n) is 7.62. The summed E-state index contributed by atoms with van der Waals surface area (Å²) < 4.78 is 5.53. The number of nitrogens with zero attached hydrogens (tertiary/aromatic N) is 1. The van der Waals surface area contributed by atoms with Gasteiger partial charge >= 0.3 is 6.03 Å². The van der Waals surface area contributed by atoms with Gasteiger partial charge in [0.2, 0.25) is 0 Å². The fraction of sp³-hybridized carbons (Fsp3) is 0.500. The first kappa shape index (κ1) is 16.3. The van der Waals surface area contributed by atoms with Gasteiger partial charge in [-0.1, -0.05) is 6.07 Å². The van der Waals surface area contributed by atoms with Crippen molar-refractivity contribution in [1.29, 1.82) is 0 Å². The topological polar surface area (TPSA) is 70.7 Å². The van der Waals surface area contributed by atoms with Crippen LogP contribution in [0.3, 0.4) is 0 Å². The van der Waals surface area contributed by atoms with E-state index in [1.807, 2.05) is 6.92 Å². The fourth-order valence-electron chi connectivity index (χ4n) is 2.40. The molecule has 3 amide bonds. The summed E-state index contributed by atoms with van der Waals surface area (Å²) in [7, 11) is 1.74. The van der Waals surface area contributed by atoms with Gasteiger partial charge in [0.1, 0.15) is 0 Å². The molecule has 1 aliphatic rings. The Morgan fingerprint density at radius 3 is 2.91 bits per heavy atom. The van der Waals surface area contributed by atoms with Crippen LogP contribution < -0.4 is 10.6 Å². The second-order valence-electron chi connectivity index (χ2n) is 5.39. The Balaban J connectivity index is 1.92. The van der Waals surface area contributed by atoms with E-state index in [0.717, 1.165) is 19.4 Å². The molecular weight excluding hydrogens is 282 g/mol. The van der Waals surface area contributed by atoms with Crippen LogP contribution in [-0.4, -0.2) is 49.7 Å². The number of hydrogen-bond acceptors (Lipinski definition) is 3. The average molecular weight is 305 g/mol. The van der Waals surface area contributed by atoms with Crippen molar-refractivity contribution in [3.63, 3.8) is 0 Å². The predicted octanol–water partition coefficient (Wildman–Crippen LogP) is 2.08. The van der Waals surface area contributed by atoms with Crippen LogP contribution in [0, 0.1) is 0 Å². The minimum Gasteiger partial charge on any atom is -0.376 e. The maximum absolute atomic E-state index is 12.2. The van der Waals surface area contributed by atoms with Crippen molar-refractivity contribution in [2.45, 2.75) is 25.9 Å². The molecule has 0 bridgehead atoms. The van der Waals surface area contributed by atoms with E-state index in [9.17, 15) is 9.59 Å². The van der Waals surface area contributed by atoms with Gasteiger partial charge in [-0.3, -0.25) is 4.79 Å². The molecule has 0 saturated carbocycles. The molecule has 1 aromatic carbocycles. The van der Waals surface area contributed by atoms with Crippen molar-refractivity contribution in [3.8, 4) is 0 Å². The third-order valence-electron chi connectivity index (χ3n) is 3.56. The van der Waals surface area contributed by atoms with Crippen LogP contribution in [0.4, 0.5) is 10.5 Å². The number of likely N-dealkylation sites (N-methyl/N-ethyl adjacent to an activating group) is 1. The summed E-state index contributed by atoms with van der Waals surface area (Å²) in [6.07, 6.45) is 2.16. The van der Waals surface area contributed by atoms with Crippen LogP contribution in [0.25, 0.3) is 0 Å². The summed E-state index contributed by atoms with van der Waals surface area (Å²) in [5.74, 6) is -0.147. The molecule has 1 aliphatic heterocycles. The number of rotatable bonds is 5. The Kier molecular flexibility index (Phi) is 5.77. The molecule has 0 radical (unpaired) electrons. The highest BCUT2D eigenvalue weighted by Gasteiger charge is 2.20. The molecule has 1 aromatic rings. The van der Waals surface area contributed by atoms with Gasteiger partial charge in [-0.25, -0.2) is 4.79 Å². The maximum atomic E-state index is 12.2. The molecule has 0 spiro atoms. The Morgan fingerprint density at radius 1 is 1.41 bits per heavy atom. The lowest BCUT2D eigenvalue weighted by molar-refractivity contribution is 0.0894. The van der Waals surface area contributed by atoms with Crippen LogP contribution in [0.5, 0.6) is 0 Å². The Morgan fingerprint density at radius 2 is 2.23 bits per heavy atom. The highest BCUT2D eigenvalue weighted by Crippen LogP contribution is 2.14. The number of urea groups is 1. The summed E-state index contributed by atoms with van der Waals surface area (Å²) in [5.41, 5.74) is 1.13. The Hall–Kier alpha value is -2.08. The van der Waals surface area contributed by atoms with E-state index in [4.69, 9.17) is 4.74 Å². The van der Waals surface area contributed by atoms with E-state index < -0.39 is 0 Å². The molecule has 120 valence electrons. The maximum Gasteiger partial charge on any atom is 0.321 e. The smallest absolute Gasteiger partial charge is 0.321 e. The largest absolute Gasteiger partial charge is 0.376 e. The fourth-order valence-corrected chi connectivity index (χ4v) is 2.40. The third kappa shape index (κ3) is 4.46. The van der Waals surface area contributed by atoms with E-state index in [2.05, 4.69) is 10.6 Å². The number of hydrogen-bond donors (Lipinski definition) is 2. The molecule has 1 atom stereocenters. The summed E-state index contributed by atoms with van der Waals surface area (Å²) in [4.78, 5) is 25.6. The normalized spacial score (nSPS) is 17.1. The minimum atomic E-state index is -0.205. The van der Waals surface area contributed by atoms with Gasteiger partial charge in [-0.05, 0) is 38.0 Å². The summed E-state index contributed by atoms with van der Waals surface area (Å²) in [5, 5.41) is 5.54. The lowest BCUT2D eigenvalue weighted by atomic mass is 10.2. The van der Waals surface area contributed by atoms with Crippen molar-refractivity contribution < 1.29 is 14.3 Å². The molecular formula is C16H23N3O3. The molecule has 0 aromatic heterocycles. The van der Waals surface area contributed by atoms with Gasteiger partial charge < -0.3 is 20.3 Å². The van der Waals surface area contributed by atoms with Gasteiger partial charge in [0.15, 0.2) is 0 Å². The number of carbonyl (C=O) groups is 2. The quantitative estimate of drug-likeness (QED) is 0.875. The van der Waals surface area contributed by atoms with Crippen molar-refractivity contribution in [2.24, 2.45) is 0 Å². The Bertz CT molecular complexity index is 527. The van der Waals surface area contributed by atoms with E-state index in [1.54, 1.807) is 36.2 Å². The zero-order valence-electron chi connectivity index (χ0n) is 13.1. The lowest BCUT2D eigenvalue weighted by Gasteiger charge is -2.21. The van der Waals surface area contributed by atoms with Crippen LogP contribution in [-0.2, 0) is 4.74 Å². The van der Waals surface area contributed by atoms with Crippen molar-refractivity contribution in [3.05, 3.63) is 29.8 Å². The number of carbonyl (C=O) groups excluding carboxylic acids is 2. The first-order chi connectivity index (χ1) is 10.6. The highest BCUT2D eigenvalue weighted by atomic mass is 16.5. The van der Waals surface area contributed by atoms with Crippen molar-refractivity contribution >= 4 is 17.6 Å². The number of ether oxygens (including phenoxy) is 1. The third-order valence-corrected chi connectivity index (χ3v) is 3.56. The van der Waals surface area contributed by atoms with Gasteiger partial charge in [0.25, 0.3) is 5.91 Å². The van der Waals surface area contributed by atoms with Crippen LogP contribution in [0.15, 0.2) is 24.3 Å². The minimum absolute atomic E-state index is 0.123. The molecule has 2 rings (SSSR count). The van der Waals surface area contributed by atoms with E-state index in [0.29, 0.717) is 24.3 Å². The van der Waals surface area contributed by atoms with Crippen LogP contribution in [0.1, 0.15) is 30.1 Å². The summed E-state index contributed by atoms with van der Waals surface area (Å²) in [6, 6.07) is 6.70. The van der Waals surface area contributed by atoms with Crippen LogP contribution >= 0.6 is 0 Å². The molecule has 1 saturated heterocycles. The van der Waals surface area contributed by atoms with Gasteiger partial charge in [0, 0.05) is 38.0 Å². The van der Waals surface area contributed by atoms with Gasteiger partial charge in [-0.15, -0.1) is 0 Å². The summed E-state index contributed by atoms with van der Waals surface area (Å²) >= 11 is 0. The van der Waals surface area contributed by atoms with Crippen LogP contribution in [0.2, 0.25) is 0 Å². The van der Waals surface area contributed by atoms with E-state index in [1.165, 1.54) is 0 Å². The van der Waals surface area contributed by atoms with E-state index >= 15 is 0 Å². The zero-order chi connectivity index (χ0) is 15.9. The highest BCUT2D eigenvalue weighted by molar-refractivity contribution is 5.96. The number of amides is 3. The van der Waals surface area contributed by atoms with E-state index in [-0.39, 0.29) is 18.0 Å². The SMILES string of the molecule is CCNC(=O)c1cccc(NC(=O)N(C)C[C@@H]2CCCO2)c1. The van der Waals surface area contributed by atoms with Gasteiger partial charge in [0.05, 0.1) is 6.10 Å². The molecule has 1 fully saturated rings. The number of benzene rings is 1. The standard InChI is InChI=1S/C16H23N3O3/c1-3-17-15(20)12-6-4-7-13(10-12)18-16(21)19(2)11-14-8-5-9-22-14/h4,6-7,10,14H,3,5,8-9,11H2,1-2H3,(H,17,20)(H,18,21)/t14-/m0/s1. The molecule has 6 nitrogen and oxygen atoms in total. The van der Waals surface area contributed by atoms with Crippen molar-refractivity contribution in [2.75, 3.05) is 32.1 Å². The second-order valence-corrected chi connectivity index (χ2v) is 5.39. The molecule has 0 aliphatic carbocycles. The second kappa shape index (κ2) is 7.79. The lowest BCUT2D eigenvalue weighted by Crippen LogP contribution is -2.37. The molecule has 0 unspecified atom stereocenters. The summed E-state index contributed by atoms with van der Waals surface area (Å²) in [6.45, 7) is 3.78.